The van der Waals surface area contributed by atoms with Crippen molar-refractivity contribution in [2.24, 2.45) is 0 Å². The van der Waals surface area contributed by atoms with E-state index in [9.17, 15) is 18.9 Å². The Morgan fingerprint density at radius 3 is 2.48 bits per heavy atom. The Bertz CT molecular complexity index is 806. The SMILES string of the molecule is O=C(O)C(c1ccccc1)S(=O)CC(=O)N1CCCc2ccccc21. The molecule has 1 N–H and O–H groups in total. The van der Waals surface area contributed by atoms with Gasteiger partial charge in [-0.2, -0.15) is 0 Å². The molecule has 2 atom stereocenters. The van der Waals surface area contributed by atoms with Gasteiger partial charge in [-0.05, 0) is 30.0 Å². The predicted molar refractivity (Wildman–Crippen MR) is 96.9 cm³/mol. The fraction of sp³-hybridized carbons (Fsp3) is 0.263. The Morgan fingerprint density at radius 2 is 1.76 bits per heavy atom. The molecule has 0 radical (unpaired) electrons. The Labute approximate surface area is 148 Å². The topological polar surface area (TPSA) is 74.7 Å². The second-order valence-corrected chi connectivity index (χ2v) is 7.45. The minimum absolute atomic E-state index is 0.298. The zero-order chi connectivity index (χ0) is 17.8. The summed E-state index contributed by atoms with van der Waals surface area (Å²) in [6.45, 7) is 0.566. The zero-order valence-electron chi connectivity index (χ0n) is 13.6. The first kappa shape index (κ1) is 17.4. The molecule has 0 saturated heterocycles. The number of carboxylic acid groups (broad SMARTS) is 1. The number of nitrogens with zero attached hydrogens (tertiary/aromatic N) is 1. The third-order valence-corrected chi connectivity index (χ3v) is 5.80. The molecule has 5 nitrogen and oxygen atoms in total. The first-order chi connectivity index (χ1) is 12.1. The summed E-state index contributed by atoms with van der Waals surface area (Å²) in [4.78, 5) is 25.9. The monoisotopic (exact) mass is 357 g/mol. The van der Waals surface area contributed by atoms with E-state index < -0.39 is 22.0 Å². The molecular weight excluding hydrogens is 338 g/mol. The second kappa shape index (κ2) is 7.61. The van der Waals surface area contributed by atoms with Gasteiger partial charge in [0.25, 0.3) is 0 Å². The van der Waals surface area contributed by atoms with E-state index in [1.807, 2.05) is 24.3 Å². The summed E-state index contributed by atoms with van der Waals surface area (Å²) >= 11 is 0. The number of para-hydroxylation sites is 1. The van der Waals surface area contributed by atoms with E-state index in [1.165, 1.54) is 0 Å². The van der Waals surface area contributed by atoms with Crippen LogP contribution in [0, 0.1) is 0 Å². The van der Waals surface area contributed by atoms with Crippen LogP contribution in [-0.4, -0.2) is 33.5 Å². The molecule has 6 heteroatoms. The largest absolute Gasteiger partial charge is 0.480 e. The summed E-state index contributed by atoms with van der Waals surface area (Å²) < 4.78 is 12.6. The number of aryl methyl sites for hydroxylation is 1. The van der Waals surface area contributed by atoms with Crippen LogP contribution in [0.1, 0.15) is 22.8 Å². The maximum Gasteiger partial charge on any atom is 0.323 e. The van der Waals surface area contributed by atoms with Crippen molar-refractivity contribution >= 4 is 28.4 Å². The predicted octanol–water partition coefficient (Wildman–Crippen LogP) is 2.54. The number of carbonyl (C=O) groups is 2. The van der Waals surface area contributed by atoms with Gasteiger partial charge < -0.3 is 10.0 Å². The van der Waals surface area contributed by atoms with E-state index in [2.05, 4.69) is 0 Å². The van der Waals surface area contributed by atoms with Crippen LogP contribution in [0.4, 0.5) is 5.69 Å². The van der Waals surface area contributed by atoms with Gasteiger partial charge in [0.1, 0.15) is 5.75 Å². The molecule has 0 bridgehead atoms. The van der Waals surface area contributed by atoms with Crippen LogP contribution in [0.25, 0.3) is 0 Å². The Balaban J connectivity index is 1.79. The lowest BCUT2D eigenvalue weighted by Gasteiger charge is -2.29. The normalized spacial score (nSPS) is 15.9. The number of carboxylic acids is 1. The molecule has 0 saturated carbocycles. The molecular formula is C19H19NO4S. The molecule has 1 aliphatic rings. The number of aliphatic carboxylic acids is 1. The van der Waals surface area contributed by atoms with Crippen molar-refractivity contribution in [3.05, 3.63) is 65.7 Å². The number of carbonyl (C=O) groups excluding carboxylic acids is 1. The minimum atomic E-state index is -1.84. The van der Waals surface area contributed by atoms with Gasteiger partial charge in [-0.15, -0.1) is 0 Å². The number of hydrogen-bond acceptors (Lipinski definition) is 3. The lowest BCUT2D eigenvalue weighted by Crippen LogP contribution is -2.39. The molecule has 0 spiro atoms. The van der Waals surface area contributed by atoms with Crippen LogP contribution >= 0.6 is 0 Å². The van der Waals surface area contributed by atoms with E-state index in [4.69, 9.17) is 0 Å². The quantitative estimate of drug-likeness (QED) is 0.892. The average Bonchev–Trinajstić information content (AvgIpc) is 2.62. The second-order valence-electron chi connectivity index (χ2n) is 5.93. The Kier molecular flexibility index (Phi) is 5.28. The molecule has 2 aromatic rings. The maximum absolute atomic E-state index is 12.7. The Hall–Kier alpha value is -2.47. The summed E-state index contributed by atoms with van der Waals surface area (Å²) in [6.07, 6.45) is 1.75. The highest BCUT2D eigenvalue weighted by atomic mass is 32.2. The molecule has 130 valence electrons. The van der Waals surface area contributed by atoms with Crippen molar-refractivity contribution in [2.45, 2.75) is 18.1 Å². The van der Waals surface area contributed by atoms with Gasteiger partial charge >= 0.3 is 5.97 Å². The van der Waals surface area contributed by atoms with Crippen molar-refractivity contribution in [2.75, 3.05) is 17.2 Å². The molecule has 2 unspecified atom stereocenters. The van der Waals surface area contributed by atoms with Gasteiger partial charge in [-0.25, -0.2) is 0 Å². The fourth-order valence-electron chi connectivity index (χ4n) is 3.11. The molecule has 3 rings (SSSR count). The molecule has 0 aromatic heterocycles. The molecule has 1 heterocycles. The van der Waals surface area contributed by atoms with Crippen molar-refractivity contribution in [1.29, 1.82) is 0 Å². The van der Waals surface area contributed by atoms with Gasteiger partial charge in [0.2, 0.25) is 5.91 Å². The lowest BCUT2D eigenvalue weighted by molar-refractivity contribution is -0.136. The first-order valence-corrected chi connectivity index (χ1v) is 9.49. The van der Waals surface area contributed by atoms with Gasteiger partial charge in [-0.3, -0.25) is 13.8 Å². The molecule has 2 aromatic carbocycles. The van der Waals surface area contributed by atoms with Crippen LogP contribution in [0.3, 0.4) is 0 Å². The molecule has 1 aliphatic heterocycles. The van der Waals surface area contributed by atoms with Crippen molar-refractivity contribution in [1.82, 2.24) is 0 Å². The molecule has 25 heavy (non-hydrogen) atoms. The number of benzene rings is 2. The summed E-state index contributed by atoms with van der Waals surface area (Å²) in [5.41, 5.74) is 2.37. The van der Waals surface area contributed by atoms with Gasteiger partial charge in [0.15, 0.2) is 5.25 Å². The van der Waals surface area contributed by atoms with Crippen LogP contribution < -0.4 is 4.90 Å². The summed E-state index contributed by atoms with van der Waals surface area (Å²) in [5.74, 6) is -1.79. The lowest BCUT2D eigenvalue weighted by atomic mass is 10.0. The van der Waals surface area contributed by atoms with E-state index in [1.54, 1.807) is 35.2 Å². The smallest absolute Gasteiger partial charge is 0.323 e. The minimum Gasteiger partial charge on any atom is -0.480 e. The highest BCUT2D eigenvalue weighted by Gasteiger charge is 2.31. The molecule has 0 fully saturated rings. The van der Waals surface area contributed by atoms with E-state index in [0.717, 1.165) is 24.1 Å². The van der Waals surface area contributed by atoms with Gasteiger partial charge in [0.05, 0.1) is 0 Å². The zero-order valence-corrected chi connectivity index (χ0v) is 14.4. The van der Waals surface area contributed by atoms with Crippen LogP contribution in [0.15, 0.2) is 54.6 Å². The number of anilines is 1. The van der Waals surface area contributed by atoms with E-state index in [0.29, 0.717) is 12.1 Å². The van der Waals surface area contributed by atoms with E-state index in [-0.39, 0.29) is 11.7 Å². The number of rotatable bonds is 5. The Morgan fingerprint density at radius 1 is 1.08 bits per heavy atom. The third-order valence-electron chi connectivity index (χ3n) is 4.27. The van der Waals surface area contributed by atoms with Crippen molar-refractivity contribution in [3.63, 3.8) is 0 Å². The van der Waals surface area contributed by atoms with Crippen LogP contribution in [0.2, 0.25) is 0 Å². The highest BCUT2D eigenvalue weighted by molar-refractivity contribution is 7.86. The van der Waals surface area contributed by atoms with Crippen molar-refractivity contribution < 1.29 is 18.9 Å². The van der Waals surface area contributed by atoms with Crippen LogP contribution in [0.5, 0.6) is 0 Å². The van der Waals surface area contributed by atoms with Gasteiger partial charge in [0, 0.05) is 23.0 Å². The fourth-order valence-corrected chi connectivity index (χ4v) is 4.36. The molecule has 1 amide bonds. The summed E-state index contributed by atoms with van der Waals surface area (Å²) in [6, 6.07) is 16.1. The highest BCUT2D eigenvalue weighted by Crippen LogP contribution is 2.28. The van der Waals surface area contributed by atoms with Gasteiger partial charge in [-0.1, -0.05) is 48.5 Å². The molecule has 0 aliphatic carbocycles. The van der Waals surface area contributed by atoms with Crippen molar-refractivity contribution in [3.8, 4) is 0 Å². The first-order valence-electron chi connectivity index (χ1n) is 8.11. The van der Waals surface area contributed by atoms with Crippen LogP contribution in [-0.2, 0) is 26.8 Å². The maximum atomic E-state index is 12.7. The summed E-state index contributed by atoms with van der Waals surface area (Å²) in [7, 11) is -1.84. The van der Waals surface area contributed by atoms with E-state index >= 15 is 0 Å². The number of fused-ring (bicyclic) bond motifs is 1. The standard InChI is InChI=1S/C19H19NO4S/c21-17(20-12-6-10-14-7-4-5-11-16(14)20)13-25(24)18(19(22)23)15-8-2-1-3-9-15/h1-5,7-9,11,18H,6,10,12-13H2,(H,22,23). The third kappa shape index (κ3) is 3.79. The average molecular weight is 357 g/mol. The number of hydrogen-bond donors (Lipinski definition) is 1. The number of amides is 1. The summed E-state index contributed by atoms with van der Waals surface area (Å²) in [5, 5.41) is 8.26.